The Hall–Kier alpha value is -1.46. The van der Waals surface area contributed by atoms with Crippen molar-refractivity contribution in [1.82, 2.24) is 4.31 Å². The highest BCUT2D eigenvalue weighted by Gasteiger charge is 2.31. The molecule has 2 rings (SSSR count). The summed E-state index contributed by atoms with van der Waals surface area (Å²) in [6.07, 6.45) is -0.667. The van der Waals surface area contributed by atoms with Crippen LogP contribution in [-0.4, -0.2) is 38.6 Å². The summed E-state index contributed by atoms with van der Waals surface area (Å²) in [6, 6.07) is 7.71. The molecular weight excluding hydrogens is 254 g/mol. The molecule has 1 unspecified atom stereocenters. The van der Waals surface area contributed by atoms with Crippen molar-refractivity contribution in [2.24, 2.45) is 5.73 Å². The number of hydrogen-bond donors (Lipinski definition) is 1. The molecule has 1 aromatic carbocycles. The van der Waals surface area contributed by atoms with E-state index in [4.69, 9.17) is 15.7 Å². The number of sulfonamides is 1. The average molecular weight is 267 g/mol. The summed E-state index contributed by atoms with van der Waals surface area (Å²) >= 11 is 0. The molecule has 1 atom stereocenters. The summed E-state index contributed by atoms with van der Waals surface area (Å²) in [5.74, 6) is 0. The second-order valence-electron chi connectivity index (χ2n) is 3.89. The van der Waals surface area contributed by atoms with E-state index in [2.05, 4.69) is 0 Å². The van der Waals surface area contributed by atoms with E-state index >= 15 is 0 Å². The van der Waals surface area contributed by atoms with Gasteiger partial charge in [-0.25, -0.2) is 8.42 Å². The molecule has 7 heteroatoms. The van der Waals surface area contributed by atoms with Crippen molar-refractivity contribution in [3.63, 3.8) is 0 Å². The van der Waals surface area contributed by atoms with Crippen LogP contribution in [0.3, 0.4) is 0 Å². The van der Waals surface area contributed by atoms with Gasteiger partial charge in [-0.2, -0.15) is 9.57 Å². The van der Waals surface area contributed by atoms with Gasteiger partial charge < -0.3 is 10.5 Å². The normalized spacial score (nSPS) is 21.4. The number of nitrogens with zero attached hydrogens (tertiary/aromatic N) is 2. The lowest BCUT2D eigenvalue weighted by atomic mass is 10.2. The monoisotopic (exact) mass is 267 g/mol. The molecule has 1 fully saturated rings. The maximum Gasteiger partial charge on any atom is 0.244 e. The fourth-order valence-electron chi connectivity index (χ4n) is 1.74. The first-order valence-electron chi connectivity index (χ1n) is 5.41. The highest BCUT2D eigenvalue weighted by Crippen LogP contribution is 2.19. The molecule has 0 aliphatic carbocycles. The molecule has 6 nitrogen and oxygen atoms in total. The zero-order valence-electron chi connectivity index (χ0n) is 9.61. The first-order chi connectivity index (χ1) is 8.55. The Morgan fingerprint density at radius 2 is 2.06 bits per heavy atom. The largest absolute Gasteiger partial charge is 0.377 e. The predicted molar refractivity (Wildman–Crippen MR) is 63.8 cm³/mol. The van der Waals surface area contributed by atoms with Gasteiger partial charge in [0.25, 0.3) is 0 Å². The van der Waals surface area contributed by atoms with Gasteiger partial charge in [0, 0.05) is 6.54 Å². The zero-order valence-corrected chi connectivity index (χ0v) is 10.4. The Kier molecular flexibility index (Phi) is 3.63. The first-order valence-corrected chi connectivity index (χ1v) is 6.85. The van der Waals surface area contributed by atoms with Crippen LogP contribution in [0.1, 0.15) is 5.56 Å². The van der Waals surface area contributed by atoms with Crippen molar-refractivity contribution in [2.75, 3.05) is 19.8 Å². The van der Waals surface area contributed by atoms with Crippen molar-refractivity contribution in [1.29, 1.82) is 5.26 Å². The fraction of sp³-hybridized carbons (Fsp3) is 0.364. The van der Waals surface area contributed by atoms with Crippen LogP contribution in [0.25, 0.3) is 0 Å². The second-order valence-corrected chi connectivity index (χ2v) is 5.78. The molecule has 0 saturated carbocycles. The number of nitriles is 1. The average Bonchev–Trinajstić information content (AvgIpc) is 2.39. The van der Waals surface area contributed by atoms with E-state index in [9.17, 15) is 8.42 Å². The van der Waals surface area contributed by atoms with Crippen LogP contribution in [0.4, 0.5) is 0 Å². The van der Waals surface area contributed by atoms with Gasteiger partial charge in [0.05, 0.1) is 35.9 Å². The minimum absolute atomic E-state index is 0.138. The van der Waals surface area contributed by atoms with E-state index < -0.39 is 16.2 Å². The van der Waals surface area contributed by atoms with Gasteiger partial charge in [-0.05, 0) is 24.3 Å². The minimum atomic E-state index is -3.62. The topological polar surface area (TPSA) is 96.4 Å². The lowest BCUT2D eigenvalue weighted by molar-refractivity contribution is 0.0350. The van der Waals surface area contributed by atoms with Crippen molar-refractivity contribution in [3.05, 3.63) is 29.8 Å². The third-order valence-electron chi connectivity index (χ3n) is 2.70. The summed E-state index contributed by atoms with van der Waals surface area (Å²) < 4.78 is 30.9. The Morgan fingerprint density at radius 1 is 1.39 bits per heavy atom. The van der Waals surface area contributed by atoms with Gasteiger partial charge in [-0.3, -0.25) is 0 Å². The van der Waals surface area contributed by atoms with Crippen LogP contribution in [0.15, 0.2) is 29.2 Å². The van der Waals surface area contributed by atoms with E-state index in [0.29, 0.717) is 12.2 Å². The SMILES string of the molecule is N#Cc1ccc(S(=O)(=O)N2CCOCC2N)cc1. The van der Waals surface area contributed by atoms with Gasteiger partial charge in [0.1, 0.15) is 0 Å². The van der Waals surface area contributed by atoms with E-state index in [1.165, 1.54) is 28.6 Å². The summed E-state index contributed by atoms with van der Waals surface area (Å²) in [7, 11) is -3.62. The third kappa shape index (κ3) is 2.37. The van der Waals surface area contributed by atoms with Gasteiger partial charge in [0.15, 0.2) is 0 Å². The molecule has 1 aromatic rings. The predicted octanol–water partition coefficient (Wildman–Crippen LogP) is -0.136. The van der Waals surface area contributed by atoms with E-state index in [1.54, 1.807) is 0 Å². The number of rotatable bonds is 2. The molecule has 0 amide bonds. The quantitative estimate of drug-likeness (QED) is 0.804. The van der Waals surface area contributed by atoms with Crippen LogP contribution in [0, 0.1) is 11.3 Å². The van der Waals surface area contributed by atoms with E-state index in [0.717, 1.165) is 0 Å². The summed E-state index contributed by atoms with van der Waals surface area (Å²) in [5, 5.41) is 8.68. The number of morpholine rings is 1. The van der Waals surface area contributed by atoms with Gasteiger partial charge in [-0.1, -0.05) is 0 Å². The van der Waals surface area contributed by atoms with Crippen LogP contribution in [0.5, 0.6) is 0 Å². The molecular formula is C11H13N3O3S. The fourth-order valence-corrected chi connectivity index (χ4v) is 3.23. The lowest BCUT2D eigenvalue weighted by Gasteiger charge is -2.31. The molecule has 0 aromatic heterocycles. The van der Waals surface area contributed by atoms with Gasteiger partial charge in [0.2, 0.25) is 10.0 Å². The molecule has 1 aliphatic heterocycles. The van der Waals surface area contributed by atoms with Crippen molar-refractivity contribution in [3.8, 4) is 6.07 Å². The van der Waals surface area contributed by atoms with Crippen molar-refractivity contribution < 1.29 is 13.2 Å². The Bertz CT molecular complexity index is 562. The van der Waals surface area contributed by atoms with Gasteiger partial charge in [-0.15, -0.1) is 0 Å². The van der Waals surface area contributed by atoms with Gasteiger partial charge >= 0.3 is 0 Å². The Balaban J connectivity index is 2.32. The molecule has 1 aliphatic rings. The van der Waals surface area contributed by atoms with E-state index in [-0.39, 0.29) is 18.0 Å². The maximum absolute atomic E-state index is 12.3. The second kappa shape index (κ2) is 5.04. The molecule has 96 valence electrons. The van der Waals surface area contributed by atoms with Crippen LogP contribution in [0.2, 0.25) is 0 Å². The number of hydrogen-bond acceptors (Lipinski definition) is 5. The molecule has 18 heavy (non-hydrogen) atoms. The van der Waals surface area contributed by atoms with Crippen LogP contribution in [-0.2, 0) is 14.8 Å². The minimum Gasteiger partial charge on any atom is -0.377 e. The molecule has 1 heterocycles. The standard InChI is InChI=1S/C11H13N3O3S/c12-7-9-1-3-10(4-2-9)18(15,16)14-5-6-17-8-11(14)13/h1-4,11H,5-6,8,13H2. The highest BCUT2D eigenvalue weighted by molar-refractivity contribution is 7.89. The molecule has 1 saturated heterocycles. The Labute approximate surface area is 106 Å². The smallest absolute Gasteiger partial charge is 0.244 e. The molecule has 2 N–H and O–H groups in total. The summed E-state index contributed by atoms with van der Waals surface area (Å²) in [4.78, 5) is 0.138. The zero-order chi connectivity index (χ0) is 13.2. The van der Waals surface area contributed by atoms with Crippen molar-refractivity contribution >= 4 is 10.0 Å². The van der Waals surface area contributed by atoms with Crippen LogP contribution >= 0.6 is 0 Å². The highest BCUT2D eigenvalue weighted by atomic mass is 32.2. The third-order valence-corrected chi connectivity index (χ3v) is 4.64. The number of benzene rings is 1. The molecule has 0 spiro atoms. The van der Waals surface area contributed by atoms with E-state index in [1.807, 2.05) is 6.07 Å². The maximum atomic E-state index is 12.3. The van der Waals surface area contributed by atoms with Crippen molar-refractivity contribution in [2.45, 2.75) is 11.1 Å². The molecule has 0 bridgehead atoms. The lowest BCUT2D eigenvalue weighted by Crippen LogP contribution is -2.53. The first kappa shape index (κ1) is 13.0. The Morgan fingerprint density at radius 3 is 2.61 bits per heavy atom. The summed E-state index contributed by atoms with van der Waals surface area (Å²) in [5.41, 5.74) is 6.14. The van der Waals surface area contributed by atoms with Crippen LogP contribution < -0.4 is 5.73 Å². The molecule has 0 radical (unpaired) electrons. The summed E-state index contributed by atoms with van der Waals surface area (Å²) in [6.45, 7) is 0.766. The number of nitrogens with two attached hydrogens (primary N) is 1. The number of ether oxygens (including phenoxy) is 1.